The lowest BCUT2D eigenvalue weighted by atomic mass is 10.1. The fourth-order valence-corrected chi connectivity index (χ4v) is 3.15. The summed E-state index contributed by atoms with van der Waals surface area (Å²) in [5, 5.41) is 9.10. The van der Waals surface area contributed by atoms with Crippen molar-refractivity contribution in [3.8, 4) is 0 Å². The van der Waals surface area contributed by atoms with Gasteiger partial charge < -0.3 is 5.11 Å². The molecule has 0 amide bonds. The van der Waals surface area contributed by atoms with Crippen LogP contribution in [0.5, 0.6) is 0 Å². The highest BCUT2D eigenvalue weighted by atomic mass is 16.3. The summed E-state index contributed by atoms with van der Waals surface area (Å²) in [7, 11) is 0. The molecule has 23 heavy (non-hydrogen) atoms. The third kappa shape index (κ3) is 4.16. The number of benzene rings is 1. The summed E-state index contributed by atoms with van der Waals surface area (Å²) in [4.78, 5) is 9.26. The van der Waals surface area contributed by atoms with Crippen molar-refractivity contribution in [1.29, 1.82) is 0 Å². The Morgan fingerprint density at radius 2 is 1.74 bits per heavy atom. The van der Waals surface area contributed by atoms with Crippen LogP contribution in [0.4, 0.5) is 0 Å². The standard InChI is InChI=1S/C19H25N3O/c1-16(19-3-2-8-20-13-19)22-11-9-21(10-12-22)14-17-4-6-18(15-23)7-5-17/h2-8,13,16,23H,9-12,14-15H2,1H3. The monoisotopic (exact) mass is 311 g/mol. The van der Waals surface area contributed by atoms with Gasteiger partial charge in [-0.1, -0.05) is 30.3 Å². The van der Waals surface area contributed by atoms with E-state index < -0.39 is 0 Å². The molecule has 1 aliphatic rings. The zero-order valence-corrected chi connectivity index (χ0v) is 13.7. The number of piperazine rings is 1. The number of hydrogen-bond donors (Lipinski definition) is 1. The van der Waals surface area contributed by atoms with Crippen LogP contribution in [0.25, 0.3) is 0 Å². The average molecular weight is 311 g/mol. The molecule has 1 unspecified atom stereocenters. The molecule has 0 bridgehead atoms. The molecule has 1 N–H and O–H groups in total. The largest absolute Gasteiger partial charge is 0.392 e. The highest BCUT2D eigenvalue weighted by molar-refractivity contribution is 5.22. The summed E-state index contributed by atoms with van der Waals surface area (Å²) in [6.45, 7) is 7.72. The summed E-state index contributed by atoms with van der Waals surface area (Å²) in [6.07, 6.45) is 3.80. The van der Waals surface area contributed by atoms with E-state index in [2.05, 4.69) is 39.9 Å². The van der Waals surface area contributed by atoms with Gasteiger partial charge in [0.15, 0.2) is 0 Å². The molecular formula is C19H25N3O. The van der Waals surface area contributed by atoms with Crippen molar-refractivity contribution < 1.29 is 5.11 Å². The predicted molar refractivity (Wildman–Crippen MR) is 91.9 cm³/mol. The van der Waals surface area contributed by atoms with E-state index in [9.17, 15) is 0 Å². The van der Waals surface area contributed by atoms with Gasteiger partial charge in [-0.25, -0.2) is 0 Å². The Morgan fingerprint density at radius 1 is 1.04 bits per heavy atom. The first-order chi connectivity index (χ1) is 11.3. The van der Waals surface area contributed by atoms with Crippen LogP contribution < -0.4 is 0 Å². The molecule has 1 aliphatic heterocycles. The van der Waals surface area contributed by atoms with Gasteiger partial charge in [-0.2, -0.15) is 0 Å². The third-order valence-corrected chi connectivity index (χ3v) is 4.73. The lowest BCUT2D eigenvalue weighted by Gasteiger charge is -2.38. The normalized spacial score (nSPS) is 18.0. The lowest BCUT2D eigenvalue weighted by molar-refractivity contribution is 0.0977. The zero-order chi connectivity index (χ0) is 16.1. The van der Waals surface area contributed by atoms with Gasteiger partial charge in [0.25, 0.3) is 0 Å². The SMILES string of the molecule is CC(c1cccnc1)N1CCN(Cc2ccc(CO)cc2)CC1. The highest BCUT2D eigenvalue weighted by Gasteiger charge is 2.22. The minimum absolute atomic E-state index is 0.116. The molecule has 0 radical (unpaired) electrons. The Labute approximate surface area is 138 Å². The van der Waals surface area contributed by atoms with E-state index in [1.54, 1.807) is 0 Å². The second-order valence-electron chi connectivity index (χ2n) is 6.25. The molecule has 1 saturated heterocycles. The summed E-state index contributed by atoms with van der Waals surface area (Å²) >= 11 is 0. The molecular weight excluding hydrogens is 286 g/mol. The van der Waals surface area contributed by atoms with Crippen molar-refractivity contribution in [2.24, 2.45) is 0 Å². The predicted octanol–water partition coefficient (Wildman–Crippen LogP) is 2.45. The third-order valence-electron chi connectivity index (χ3n) is 4.73. The topological polar surface area (TPSA) is 39.6 Å². The van der Waals surface area contributed by atoms with Gasteiger partial charge in [-0.3, -0.25) is 14.8 Å². The van der Waals surface area contributed by atoms with Crippen molar-refractivity contribution in [3.63, 3.8) is 0 Å². The Bertz CT molecular complexity index is 592. The fourth-order valence-electron chi connectivity index (χ4n) is 3.15. The van der Waals surface area contributed by atoms with E-state index in [1.165, 1.54) is 11.1 Å². The maximum absolute atomic E-state index is 9.10. The molecule has 1 aromatic carbocycles. The Balaban J connectivity index is 1.51. The Morgan fingerprint density at radius 3 is 2.35 bits per heavy atom. The van der Waals surface area contributed by atoms with E-state index in [0.717, 1.165) is 38.3 Å². The summed E-state index contributed by atoms with van der Waals surface area (Å²) in [6, 6.07) is 12.9. The molecule has 0 saturated carbocycles. The van der Waals surface area contributed by atoms with Crippen molar-refractivity contribution in [2.75, 3.05) is 26.2 Å². The van der Waals surface area contributed by atoms with E-state index in [-0.39, 0.29) is 6.61 Å². The lowest BCUT2D eigenvalue weighted by Crippen LogP contribution is -2.46. The van der Waals surface area contributed by atoms with Crippen LogP contribution in [0.3, 0.4) is 0 Å². The summed E-state index contributed by atoms with van der Waals surface area (Å²) in [5.41, 5.74) is 3.58. The molecule has 0 spiro atoms. The Hall–Kier alpha value is -1.75. The number of rotatable bonds is 5. The number of nitrogens with zero attached hydrogens (tertiary/aromatic N) is 3. The fraction of sp³-hybridized carbons (Fsp3) is 0.421. The quantitative estimate of drug-likeness (QED) is 0.921. The molecule has 0 aliphatic carbocycles. The summed E-state index contributed by atoms with van der Waals surface area (Å²) < 4.78 is 0. The molecule has 2 aromatic rings. The second kappa shape index (κ2) is 7.68. The maximum atomic E-state index is 9.10. The van der Waals surface area contributed by atoms with Crippen LogP contribution >= 0.6 is 0 Å². The second-order valence-corrected chi connectivity index (χ2v) is 6.25. The smallest absolute Gasteiger partial charge is 0.0681 e. The Kier molecular flexibility index (Phi) is 5.39. The molecule has 1 atom stereocenters. The van der Waals surface area contributed by atoms with Crippen LogP contribution in [0.15, 0.2) is 48.8 Å². The molecule has 1 fully saturated rings. The first-order valence-corrected chi connectivity index (χ1v) is 8.31. The van der Waals surface area contributed by atoms with E-state index in [1.807, 2.05) is 30.6 Å². The maximum Gasteiger partial charge on any atom is 0.0681 e. The number of aliphatic hydroxyl groups is 1. The van der Waals surface area contributed by atoms with Crippen molar-refractivity contribution in [2.45, 2.75) is 26.1 Å². The van der Waals surface area contributed by atoms with Gasteiger partial charge in [0.05, 0.1) is 6.61 Å². The molecule has 3 rings (SSSR count). The van der Waals surface area contributed by atoms with Crippen LogP contribution in [-0.2, 0) is 13.2 Å². The minimum Gasteiger partial charge on any atom is -0.392 e. The first-order valence-electron chi connectivity index (χ1n) is 8.31. The number of aromatic nitrogens is 1. The minimum atomic E-state index is 0.116. The van der Waals surface area contributed by atoms with Gasteiger partial charge in [0, 0.05) is 51.2 Å². The molecule has 4 heteroatoms. The van der Waals surface area contributed by atoms with Gasteiger partial charge >= 0.3 is 0 Å². The number of hydrogen-bond acceptors (Lipinski definition) is 4. The first kappa shape index (κ1) is 16.1. The van der Waals surface area contributed by atoms with E-state index in [0.29, 0.717) is 6.04 Å². The molecule has 4 nitrogen and oxygen atoms in total. The summed E-state index contributed by atoms with van der Waals surface area (Å²) in [5.74, 6) is 0. The molecule has 2 heterocycles. The van der Waals surface area contributed by atoms with Gasteiger partial charge in [0.2, 0.25) is 0 Å². The van der Waals surface area contributed by atoms with E-state index >= 15 is 0 Å². The van der Waals surface area contributed by atoms with Crippen molar-refractivity contribution >= 4 is 0 Å². The van der Waals surface area contributed by atoms with E-state index in [4.69, 9.17) is 5.11 Å². The molecule has 122 valence electrons. The number of pyridine rings is 1. The molecule has 1 aromatic heterocycles. The van der Waals surface area contributed by atoms with Gasteiger partial charge in [-0.05, 0) is 29.7 Å². The van der Waals surface area contributed by atoms with Crippen molar-refractivity contribution in [3.05, 3.63) is 65.5 Å². The van der Waals surface area contributed by atoms with Crippen LogP contribution in [0.1, 0.15) is 29.7 Å². The van der Waals surface area contributed by atoms with Crippen molar-refractivity contribution in [1.82, 2.24) is 14.8 Å². The van der Waals surface area contributed by atoms with Crippen LogP contribution in [-0.4, -0.2) is 46.1 Å². The van der Waals surface area contributed by atoms with Gasteiger partial charge in [-0.15, -0.1) is 0 Å². The van der Waals surface area contributed by atoms with Crippen LogP contribution in [0.2, 0.25) is 0 Å². The average Bonchev–Trinajstić information content (AvgIpc) is 2.63. The highest BCUT2D eigenvalue weighted by Crippen LogP contribution is 2.21. The van der Waals surface area contributed by atoms with Crippen LogP contribution in [0, 0.1) is 0 Å². The zero-order valence-electron chi connectivity index (χ0n) is 13.7. The number of aliphatic hydroxyl groups excluding tert-OH is 1. The van der Waals surface area contributed by atoms with Gasteiger partial charge in [0.1, 0.15) is 0 Å².